The summed E-state index contributed by atoms with van der Waals surface area (Å²) in [6.45, 7) is 1.01. The molecule has 0 aliphatic rings. The van der Waals surface area contributed by atoms with Crippen LogP contribution in [0.5, 0.6) is 11.5 Å². The van der Waals surface area contributed by atoms with Crippen LogP contribution >= 0.6 is 11.6 Å². The first-order valence-corrected chi connectivity index (χ1v) is 6.85. The molecule has 2 aromatic rings. The minimum Gasteiger partial charge on any atom is -0.496 e. The molecule has 3 nitrogen and oxygen atoms in total. The van der Waals surface area contributed by atoms with E-state index in [1.807, 2.05) is 42.5 Å². The zero-order chi connectivity index (χ0) is 14.4. The highest BCUT2D eigenvalue weighted by Gasteiger charge is 2.07. The molecule has 0 radical (unpaired) electrons. The molecule has 0 heterocycles. The van der Waals surface area contributed by atoms with Gasteiger partial charge in [0.05, 0.1) is 7.11 Å². The average molecular weight is 292 g/mol. The van der Waals surface area contributed by atoms with E-state index < -0.39 is 0 Å². The van der Waals surface area contributed by atoms with E-state index in [1.54, 1.807) is 7.11 Å². The molecule has 106 valence electrons. The van der Waals surface area contributed by atoms with Crippen LogP contribution in [0.1, 0.15) is 11.1 Å². The Balaban J connectivity index is 2.14. The number of rotatable bonds is 6. The van der Waals surface area contributed by atoms with Gasteiger partial charge < -0.3 is 15.2 Å². The molecule has 0 aliphatic carbocycles. The first kappa shape index (κ1) is 14.7. The summed E-state index contributed by atoms with van der Waals surface area (Å²) in [7, 11) is 1.65. The van der Waals surface area contributed by atoms with Gasteiger partial charge in [0.2, 0.25) is 0 Å². The predicted molar refractivity (Wildman–Crippen MR) is 81.5 cm³/mol. The van der Waals surface area contributed by atoms with Gasteiger partial charge in [0.1, 0.15) is 18.1 Å². The van der Waals surface area contributed by atoms with Crippen molar-refractivity contribution in [2.75, 3.05) is 13.7 Å². The Hall–Kier alpha value is -1.71. The molecular formula is C16H18ClNO2. The third-order valence-electron chi connectivity index (χ3n) is 3.01. The summed E-state index contributed by atoms with van der Waals surface area (Å²) in [4.78, 5) is 0. The van der Waals surface area contributed by atoms with Gasteiger partial charge in [0.25, 0.3) is 0 Å². The number of hydrogen-bond acceptors (Lipinski definition) is 3. The fourth-order valence-corrected chi connectivity index (χ4v) is 2.21. The van der Waals surface area contributed by atoms with Crippen LogP contribution in [0.3, 0.4) is 0 Å². The zero-order valence-electron chi connectivity index (χ0n) is 11.4. The van der Waals surface area contributed by atoms with Gasteiger partial charge in [0, 0.05) is 10.6 Å². The molecule has 0 aromatic heterocycles. The van der Waals surface area contributed by atoms with Crippen molar-refractivity contribution in [3.63, 3.8) is 0 Å². The van der Waals surface area contributed by atoms with E-state index in [4.69, 9.17) is 26.8 Å². The summed E-state index contributed by atoms with van der Waals surface area (Å²) in [5.74, 6) is 1.63. The molecule has 0 spiro atoms. The molecule has 2 aromatic carbocycles. The number of halogens is 1. The third kappa shape index (κ3) is 3.65. The maximum atomic E-state index is 6.00. The van der Waals surface area contributed by atoms with Crippen molar-refractivity contribution < 1.29 is 9.47 Å². The number of benzene rings is 2. The molecule has 0 fully saturated rings. The highest BCUT2D eigenvalue weighted by Crippen LogP contribution is 2.25. The average Bonchev–Trinajstić information content (AvgIpc) is 2.47. The standard InChI is InChI=1S/C16H18ClNO2/c1-19-15-5-3-2-4-13(15)11-20-16-7-6-14(17)10-12(16)8-9-18/h2-7,10H,8-9,11,18H2,1H3. The van der Waals surface area contributed by atoms with Crippen LogP contribution in [0, 0.1) is 0 Å². The molecule has 0 amide bonds. The van der Waals surface area contributed by atoms with Crippen LogP contribution in [0.25, 0.3) is 0 Å². The highest BCUT2D eigenvalue weighted by molar-refractivity contribution is 6.30. The molecule has 20 heavy (non-hydrogen) atoms. The lowest BCUT2D eigenvalue weighted by Crippen LogP contribution is -2.06. The minimum absolute atomic E-state index is 0.448. The van der Waals surface area contributed by atoms with Crippen molar-refractivity contribution in [3.8, 4) is 11.5 Å². The Morgan fingerprint density at radius 1 is 1.05 bits per heavy atom. The normalized spacial score (nSPS) is 10.3. The number of nitrogens with two attached hydrogens (primary N) is 1. The Morgan fingerprint density at radius 3 is 2.60 bits per heavy atom. The van der Waals surface area contributed by atoms with Gasteiger partial charge >= 0.3 is 0 Å². The second kappa shape index (κ2) is 7.17. The predicted octanol–water partition coefficient (Wildman–Crippen LogP) is 3.43. The van der Waals surface area contributed by atoms with Crippen LogP contribution in [-0.2, 0) is 13.0 Å². The molecule has 0 bridgehead atoms. The van der Waals surface area contributed by atoms with E-state index in [9.17, 15) is 0 Å². The third-order valence-corrected chi connectivity index (χ3v) is 3.25. The molecule has 2 N–H and O–H groups in total. The monoisotopic (exact) mass is 291 g/mol. The fourth-order valence-electron chi connectivity index (χ4n) is 2.02. The molecule has 0 saturated heterocycles. The largest absolute Gasteiger partial charge is 0.496 e. The van der Waals surface area contributed by atoms with Crippen molar-refractivity contribution in [2.24, 2.45) is 5.73 Å². The van der Waals surface area contributed by atoms with E-state index in [0.717, 1.165) is 29.0 Å². The smallest absolute Gasteiger partial charge is 0.125 e. The molecule has 0 saturated carbocycles. The van der Waals surface area contributed by atoms with Gasteiger partial charge in [-0.1, -0.05) is 29.8 Å². The summed E-state index contributed by atoms with van der Waals surface area (Å²) in [5, 5.41) is 0.693. The first-order chi connectivity index (χ1) is 9.74. The van der Waals surface area contributed by atoms with E-state index in [2.05, 4.69) is 0 Å². The topological polar surface area (TPSA) is 44.5 Å². The number of para-hydroxylation sites is 1. The van der Waals surface area contributed by atoms with Gasteiger partial charge in [-0.25, -0.2) is 0 Å². The quantitative estimate of drug-likeness (QED) is 0.887. The highest BCUT2D eigenvalue weighted by atomic mass is 35.5. The minimum atomic E-state index is 0.448. The molecular weight excluding hydrogens is 274 g/mol. The lowest BCUT2D eigenvalue weighted by Gasteiger charge is -2.13. The van der Waals surface area contributed by atoms with Crippen LogP contribution in [0.2, 0.25) is 5.02 Å². The number of ether oxygens (including phenoxy) is 2. The van der Waals surface area contributed by atoms with Gasteiger partial charge in [-0.15, -0.1) is 0 Å². The summed E-state index contributed by atoms with van der Waals surface area (Å²) in [5.41, 5.74) is 7.64. The van der Waals surface area contributed by atoms with Crippen LogP contribution in [-0.4, -0.2) is 13.7 Å². The molecule has 0 atom stereocenters. The molecule has 0 aliphatic heterocycles. The second-order valence-corrected chi connectivity index (χ2v) is 4.83. The lowest BCUT2D eigenvalue weighted by atomic mass is 10.1. The van der Waals surface area contributed by atoms with Crippen LogP contribution in [0.4, 0.5) is 0 Å². The Labute approximate surface area is 124 Å². The van der Waals surface area contributed by atoms with Crippen molar-refractivity contribution in [1.82, 2.24) is 0 Å². The Kier molecular flexibility index (Phi) is 5.27. The van der Waals surface area contributed by atoms with Crippen molar-refractivity contribution in [2.45, 2.75) is 13.0 Å². The number of hydrogen-bond donors (Lipinski definition) is 1. The molecule has 2 rings (SSSR count). The lowest BCUT2D eigenvalue weighted by molar-refractivity contribution is 0.294. The maximum absolute atomic E-state index is 6.00. The van der Waals surface area contributed by atoms with Crippen molar-refractivity contribution in [3.05, 3.63) is 58.6 Å². The number of methoxy groups -OCH3 is 1. The zero-order valence-corrected chi connectivity index (χ0v) is 12.2. The second-order valence-electron chi connectivity index (χ2n) is 4.39. The maximum Gasteiger partial charge on any atom is 0.125 e. The van der Waals surface area contributed by atoms with Crippen molar-refractivity contribution >= 4 is 11.6 Å². The molecule has 0 unspecified atom stereocenters. The van der Waals surface area contributed by atoms with Gasteiger partial charge in [-0.05, 0) is 42.8 Å². The molecule has 4 heteroatoms. The van der Waals surface area contributed by atoms with Gasteiger partial charge in [-0.3, -0.25) is 0 Å². The summed E-state index contributed by atoms with van der Waals surface area (Å²) >= 11 is 6.00. The van der Waals surface area contributed by atoms with E-state index in [1.165, 1.54) is 0 Å². The van der Waals surface area contributed by atoms with E-state index in [0.29, 0.717) is 18.2 Å². The Morgan fingerprint density at radius 2 is 1.85 bits per heavy atom. The fraction of sp³-hybridized carbons (Fsp3) is 0.250. The van der Waals surface area contributed by atoms with E-state index in [-0.39, 0.29) is 0 Å². The summed E-state index contributed by atoms with van der Waals surface area (Å²) in [6, 6.07) is 13.4. The van der Waals surface area contributed by atoms with Gasteiger partial charge in [-0.2, -0.15) is 0 Å². The summed E-state index contributed by atoms with van der Waals surface area (Å²) < 4.78 is 11.2. The van der Waals surface area contributed by atoms with Crippen LogP contribution < -0.4 is 15.2 Å². The van der Waals surface area contributed by atoms with E-state index >= 15 is 0 Å². The first-order valence-electron chi connectivity index (χ1n) is 6.47. The van der Waals surface area contributed by atoms with Gasteiger partial charge in [0.15, 0.2) is 0 Å². The SMILES string of the molecule is COc1ccccc1COc1ccc(Cl)cc1CCN. The van der Waals surface area contributed by atoms with Crippen LogP contribution in [0.15, 0.2) is 42.5 Å². The van der Waals surface area contributed by atoms with Crippen molar-refractivity contribution in [1.29, 1.82) is 0 Å². The summed E-state index contributed by atoms with van der Waals surface area (Å²) in [6.07, 6.45) is 0.738. The Bertz CT molecular complexity index is 572.